The normalized spacial score (nSPS) is 13.3. The van der Waals surface area contributed by atoms with Gasteiger partial charge in [-0.2, -0.15) is 0 Å². The Morgan fingerprint density at radius 2 is 0.929 bits per heavy atom. The predicted octanol–water partition coefficient (Wildman–Crippen LogP) is 15.5. The first-order valence-corrected chi connectivity index (χ1v) is 19.6. The predicted molar refractivity (Wildman–Crippen MR) is 238 cm³/mol. The second-order valence-corrected chi connectivity index (χ2v) is 16.0. The Labute approximate surface area is 325 Å². The fourth-order valence-corrected chi connectivity index (χ4v) is 10.0. The summed E-state index contributed by atoms with van der Waals surface area (Å²) in [5.74, 6) is 0. The lowest BCUT2D eigenvalue weighted by molar-refractivity contribution is 0.661. The first kappa shape index (κ1) is 31.4. The minimum Gasteiger partial charge on any atom is -0.456 e. The molecule has 1 nitrogen and oxygen atoms in total. The van der Waals surface area contributed by atoms with Gasteiger partial charge in [-0.05, 0) is 129 Å². The molecule has 0 unspecified atom stereocenters. The van der Waals surface area contributed by atoms with Gasteiger partial charge in [-0.3, -0.25) is 0 Å². The van der Waals surface area contributed by atoms with Gasteiger partial charge < -0.3 is 4.42 Å². The van der Waals surface area contributed by atoms with E-state index in [2.05, 4.69) is 190 Å². The van der Waals surface area contributed by atoms with Crippen LogP contribution in [0.15, 0.2) is 186 Å². The number of hydrogen-bond acceptors (Lipinski definition) is 1. The van der Waals surface area contributed by atoms with Crippen molar-refractivity contribution in [2.45, 2.75) is 19.3 Å². The van der Waals surface area contributed by atoms with Crippen molar-refractivity contribution in [2.75, 3.05) is 0 Å². The first-order chi connectivity index (χ1) is 27.5. The average molecular weight is 713 g/mol. The van der Waals surface area contributed by atoms with E-state index in [4.69, 9.17) is 4.42 Å². The summed E-state index contributed by atoms with van der Waals surface area (Å²) in [5.41, 5.74) is 14.7. The van der Waals surface area contributed by atoms with Crippen LogP contribution < -0.4 is 0 Å². The van der Waals surface area contributed by atoms with Crippen molar-refractivity contribution in [1.82, 2.24) is 0 Å². The van der Waals surface area contributed by atoms with Gasteiger partial charge in [0.15, 0.2) is 0 Å². The third kappa shape index (κ3) is 4.37. The van der Waals surface area contributed by atoms with E-state index >= 15 is 0 Å². The van der Waals surface area contributed by atoms with E-state index in [9.17, 15) is 0 Å². The van der Waals surface area contributed by atoms with Crippen LogP contribution in [0.25, 0.3) is 110 Å². The zero-order valence-corrected chi connectivity index (χ0v) is 31.2. The van der Waals surface area contributed by atoms with E-state index in [0.29, 0.717) is 0 Å². The molecule has 1 heteroatoms. The van der Waals surface area contributed by atoms with Gasteiger partial charge >= 0.3 is 0 Å². The SMILES string of the molecule is CC1(C)c2ccc(-c3cccc(-c4c5ccccc5c(-c5cccc6ccccc56)c5ccccc45)c3)cc2-c2c1ccc1cc3oc4ccccc4c3cc21. The van der Waals surface area contributed by atoms with Gasteiger partial charge in [0.2, 0.25) is 0 Å². The lowest BCUT2D eigenvalue weighted by atomic mass is 9.81. The Bertz CT molecular complexity index is 3390. The lowest BCUT2D eigenvalue weighted by Crippen LogP contribution is -2.14. The zero-order valence-electron chi connectivity index (χ0n) is 31.2. The van der Waals surface area contributed by atoms with Gasteiger partial charge in [0.25, 0.3) is 0 Å². The van der Waals surface area contributed by atoms with Gasteiger partial charge in [0.1, 0.15) is 11.2 Å². The Morgan fingerprint density at radius 1 is 0.321 bits per heavy atom. The number of benzene rings is 10. The molecule has 0 fully saturated rings. The van der Waals surface area contributed by atoms with Crippen LogP contribution in [-0.2, 0) is 5.41 Å². The molecule has 11 aromatic rings. The van der Waals surface area contributed by atoms with Crippen molar-refractivity contribution >= 4 is 65.0 Å². The van der Waals surface area contributed by atoms with Gasteiger partial charge in [0.05, 0.1) is 0 Å². The summed E-state index contributed by atoms with van der Waals surface area (Å²) in [7, 11) is 0. The highest BCUT2D eigenvalue weighted by Crippen LogP contribution is 2.53. The summed E-state index contributed by atoms with van der Waals surface area (Å²) >= 11 is 0. The van der Waals surface area contributed by atoms with Gasteiger partial charge in [0, 0.05) is 16.2 Å². The summed E-state index contributed by atoms with van der Waals surface area (Å²) in [5, 5.41) is 12.4. The minimum absolute atomic E-state index is 0.115. The van der Waals surface area contributed by atoms with Crippen LogP contribution in [0.1, 0.15) is 25.0 Å². The molecule has 1 aliphatic rings. The molecule has 0 spiro atoms. The highest BCUT2D eigenvalue weighted by Gasteiger charge is 2.36. The van der Waals surface area contributed by atoms with E-state index in [1.165, 1.54) is 104 Å². The molecule has 0 atom stereocenters. The molecule has 0 saturated heterocycles. The fourth-order valence-electron chi connectivity index (χ4n) is 10.0. The molecule has 10 aromatic carbocycles. The summed E-state index contributed by atoms with van der Waals surface area (Å²) in [6.45, 7) is 4.74. The number of fused-ring (bicyclic) bond motifs is 11. The molecule has 0 aliphatic heterocycles. The van der Waals surface area contributed by atoms with E-state index in [1.54, 1.807) is 0 Å². The van der Waals surface area contributed by atoms with E-state index in [1.807, 2.05) is 6.07 Å². The molecule has 0 saturated carbocycles. The molecule has 0 bridgehead atoms. The van der Waals surface area contributed by atoms with E-state index in [-0.39, 0.29) is 5.41 Å². The quantitative estimate of drug-likeness (QED) is 0.166. The van der Waals surface area contributed by atoms with E-state index in [0.717, 1.165) is 16.6 Å². The molecular weight excluding hydrogens is 677 g/mol. The summed E-state index contributed by atoms with van der Waals surface area (Å²) < 4.78 is 6.31. The Kier molecular flexibility index (Phi) is 6.46. The highest BCUT2D eigenvalue weighted by atomic mass is 16.3. The number of hydrogen-bond donors (Lipinski definition) is 0. The largest absolute Gasteiger partial charge is 0.456 e. The summed E-state index contributed by atoms with van der Waals surface area (Å²) in [6.07, 6.45) is 0. The topological polar surface area (TPSA) is 13.1 Å². The van der Waals surface area contributed by atoms with Crippen molar-refractivity contribution in [1.29, 1.82) is 0 Å². The molecule has 1 aromatic heterocycles. The van der Waals surface area contributed by atoms with Crippen molar-refractivity contribution in [2.24, 2.45) is 0 Å². The van der Waals surface area contributed by atoms with Crippen molar-refractivity contribution in [3.05, 3.63) is 193 Å². The Balaban J connectivity index is 1.06. The smallest absolute Gasteiger partial charge is 0.136 e. The number of rotatable bonds is 3. The van der Waals surface area contributed by atoms with Gasteiger partial charge in [-0.25, -0.2) is 0 Å². The maximum absolute atomic E-state index is 6.31. The average Bonchev–Trinajstić information content (AvgIpc) is 3.72. The van der Waals surface area contributed by atoms with Crippen LogP contribution in [0.5, 0.6) is 0 Å². The number of para-hydroxylation sites is 1. The fraction of sp³-hybridized carbons (Fsp3) is 0.0545. The third-order valence-electron chi connectivity index (χ3n) is 12.6. The van der Waals surface area contributed by atoms with Crippen LogP contribution in [0, 0.1) is 0 Å². The standard InChI is InChI=1S/C55H36O/c1-55(2)48-27-25-35(30-47(48)54-45-32-46-39-18-9-10-24-50(39)56-51(46)31-36(45)26-28-49(54)55)34-15-11-16-37(29-34)52-41-19-5-7-21-43(41)53(44-22-8-6-20-42(44)52)40-23-12-14-33-13-3-4-17-38(33)40/h3-32H,1-2H3. The lowest BCUT2D eigenvalue weighted by Gasteiger charge is -2.22. The minimum atomic E-state index is -0.115. The Hall–Kier alpha value is -6.96. The third-order valence-corrected chi connectivity index (χ3v) is 12.6. The summed E-state index contributed by atoms with van der Waals surface area (Å²) in [4.78, 5) is 0. The van der Waals surface area contributed by atoms with Crippen molar-refractivity contribution in [3.8, 4) is 44.5 Å². The van der Waals surface area contributed by atoms with Crippen LogP contribution in [0.2, 0.25) is 0 Å². The molecule has 56 heavy (non-hydrogen) atoms. The molecular formula is C55H36O. The van der Waals surface area contributed by atoms with Gasteiger partial charge in [-0.15, -0.1) is 0 Å². The molecule has 1 heterocycles. The zero-order chi connectivity index (χ0) is 37.1. The van der Waals surface area contributed by atoms with Crippen molar-refractivity contribution in [3.63, 3.8) is 0 Å². The van der Waals surface area contributed by atoms with Crippen LogP contribution in [0.3, 0.4) is 0 Å². The highest BCUT2D eigenvalue weighted by molar-refractivity contribution is 6.23. The molecule has 0 amide bonds. The maximum Gasteiger partial charge on any atom is 0.136 e. The second-order valence-electron chi connectivity index (χ2n) is 16.0. The first-order valence-electron chi connectivity index (χ1n) is 19.6. The molecule has 0 radical (unpaired) electrons. The monoisotopic (exact) mass is 712 g/mol. The Morgan fingerprint density at radius 3 is 1.71 bits per heavy atom. The van der Waals surface area contributed by atoms with E-state index < -0.39 is 0 Å². The van der Waals surface area contributed by atoms with Crippen LogP contribution >= 0.6 is 0 Å². The molecule has 262 valence electrons. The summed E-state index contributed by atoms with van der Waals surface area (Å²) in [6, 6.07) is 67.3. The van der Waals surface area contributed by atoms with Crippen LogP contribution in [0.4, 0.5) is 0 Å². The molecule has 1 aliphatic carbocycles. The van der Waals surface area contributed by atoms with Crippen molar-refractivity contribution < 1.29 is 4.42 Å². The molecule has 12 rings (SSSR count). The number of furan rings is 1. The van der Waals surface area contributed by atoms with Gasteiger partial charge in [-0.1, -0.05) is 166 Å². The van der Waals surface area contributed by atoms with Crippen LogP contribution in [-0.4, -0.2) is 0 Å². The maximum atomic E-state index is 6.31. The molecule has 0 N–H and O–H groups in total. The second kappa shape index (κ2) is 11.5.